The van der Waals surface area contributed by atoms with E-state index in [1.165, 1.54) is 0 Å². The van der Waals surface area contributed by atoms with E-state index >= 15 is 0 Å². The van der Waals surface area contributed by atoms with Gasteiger partial charge in [-0.1, -0.05) is 30.3 Å². The Bertz CT molecular complexity index is 1120. The van der Waals surface area contributed by atoms with Crippen LogP contribution in [0.25, 0.3) is 17.0 Å². The Balaban J connectivity index is 1.77. The first kappa shape index (κ1) is 16.2. The molecule has 4 rings (SSSR count). The molecule has 3 aromatic rings. The van der Waals surface area contributed by atoms with E-state index in [2.05, 4.69) is 16.0 Å². The molecule has 1 amide bonds. The van der Waals surface area contributed by atoms with Crippen LogP contribution in [0.4, 0.5) is 4.79 Å². The van der Waals surface area contributed by atoms with Crippen molar-refractivity contribution in [1.82, 2.24) is 9.88 Å². The zero-order valence-corrected chi connectivity index (χ0v) is 14.4. The number of nitriles is 1. The summed E-state index contributed by atoms with van der Waals surface area (Å²) in [6.07, 6.45) is 3.67. The topological polar surface area (TPSA) is 74.9 Å². The van der Waals surface area contributed by atoms with Gasteiger partial charge in [-0.2, -0.15) is 5.26 Å². The normalized spacial score (nSPS) is 15.4. The molecule has 1 aliphatic heterocycles. The van der Waals surface area contributed by atoms with Crippen LogP contribution in [0.2, 0.25) is 0 Å². The molecule has 1 fully saturated rings. The molecule has 0 spiro atoms. The summed E-state index contributed by atoms with van der Waals surface area (Å²) in [6.45, 7) is 0.605. The van der Waals surface area contributed by atoms with E-state index in [1.807, 2.05) is 48.7 Å². The first-order valence-corrected chi connectivity index (χ1v) is 8.77. The molecule has 6 heteroatoms. The SMILES string of the molecule is N#Cc1cccc(Cn2cc(C=C3NC(=O)SC3=O)c3ccccc32)c1. The molecule has 1 saturated heterocycles. The number of benzene rings is 2. The van der Waals surface area contributed by atoms with Crippen molar-refractivity contribution in [1.29, 1.82) is 5.26 Å². The first-order valence-electron chi connectivity index (χ1n) is 7.96. The van der Waals surface area contributed by atoms with Crippen molar-refractivity contribution in [2.24, 2.45) is 0 Å². The van der Waals surface area contributed by atoms with E-state index in [1.54, 1.807) is 12.1 Å². The number of rotatable bonds is 3. The van der Waals surface area contributed by atoms with Crippen LogP contribution in [0.1, 0.15) is 16.7 Å². The number of aromatic nitrogens is 1. The predicted molar refractivity (Wildman–Crippen MR) is 101 cm³/mol. The lowest BCUT2D eigenvalue weighted by Crippen LogP contribution is -2.10. The van der Waals surface area contributed by atoms with Gasteiger partial charge in [-0.3, -0.25) is 9.59 Å². The summed E-state index contributed by atoms with van der Waals surface area (Å²) in [5.41, 5.74) is 3.83. The van der Waals surface area contributed by atoms with Crippen LogP contribution in [0.3, 0.4) is 0 Å². The predicted octanol–water partition coefficient (Wildman–Crippen LogP) is 3.89. The fourth-order valence-corrected chi connectivity index (χ4v) is 3.58. The summed E-state index contributed by atoms with van der Waals surface area (Å²) in [4.78, 5) is 23.3. The number of fused-ring (bicyclic) bond motifs is 1. The van der Waals surface area contributed by atoms with E-state index in [0.717, 1.165) is 22.0 Å². The van der Waals surface area contributed by atoms with Crippen molar-refractivity contribution in [3.05, 3.63) is 77.1 Å². The van der Waals surface area contributed by atoms with E-state index in [0.29, 0.717) is 29.6 Å². The summed E-state index contributed by atoms with van der Waals surface area (Å²) in [6, 6.07) is 17.5. The summed E-state index contributed by atoms with van der Waals surface area (Å²) in [5, 5.41) is 12.0. The number of amides is 1. The molecular formula is C20H13N3O2S. The Kier molecular flexibility index (Phi) is 4.07. The van der Waals surface area contributed by atoms with Gasteiger partial charge in [0.25, 0.3) is 5.24 Å². The second-order valence-electron chi connectivity index (χ2n) is 5.90. The van der Waals surface area contributed by atoms with Gasteiger partial charge in [0.05, 0.1) is 17.3 Å². The van der Waals surface area contributed by atoms with Gasteiger partial charge in [-0.05, 0) is 29.8 Å². The Morgan fingerprint density at radius 1 is 1.15 bits per heavy atom. The molecule has 5 nitrogen and oxygen atoms in total. The lowest BCUT2D eigenvalue weighted by atomic mass is 10.1. The summed E-state index contributed by atoms with van der Waals surface area (Å²) in [5.74, 6) is 0. The zero-order chi connectivity index (χ0) is 18.1. The van der Waals surface area contributed by atoms with Crippen molar-refractivity contribution in [3.63, 3.8) is 0 Å². The van der Waals surface area contributed by atoms with Crippen molar-refractivity contribution in [2.75, 3.05) is 0 Å². The molecule has 1 N–H and O–H groups in total. The van der Waals surface area contributed by atoms with Crippen LogP contribution >= 0.6 is 11.8 Å². The van der Waals surface area contributed by atoms with Crippen molar-refractivity contribution < 1.29 is 9.59 Å². The molecule has 0 aliphatic carbocycles. The lowest BCUT2D eigenvalue weighted by molar-refractivity contribution is -0.107. The molecule has 0 radical (unpaired) electrons. The van der Waals surface area contributed by atoms with E-state index in [4.69, 9.17) is 5.26 Å². The van der Waals surface area contributed by atoms with Gasteiger partial charge in [-0.25, -0.2) is 0 Å². The van der Waals surface area contributed by atoms with Crippen molar-refractivity contribution in [2.45, 2.75) is 6.54 Å². The van der Waals surface area contributed by atoms with E-state index < -0.39 is 0 Å². The van der Waals surface area contributed by atoms with Gasteiger partial charge >= 0.3 is 0 Å². The average molecular weight is 359 g/mol. The minimum absolute atomic E-state index is 0.270. The Morgan fingerprint density at radius 2 is 2.00 bits per heavy atom. The molecule has 26 heavy (non-hydrogen) atoms. The minimum atomic E-state index is -0.349. The molecule has 1 aromatic heterocycles. The van der Waals surface area contributed by atoms with Crippen LogP contribution in [-0.4, -0.2) is 14.9 Å². The van der Waals surface area contributed by atoms with Gasteiger partial charge in [0.15, 0.2) is 0 Å². The highest BCUT2D eigenvalue weighted by Gasteiger charge is 2.25. The number of nitrogens with one attached hydrogen (secondary N) is 1. The highest BCUT2D eigenvalue weighted by molar-refractivity contribution is 8.27. The third kappa shape index (κ3) is 3.01. The third-order valence-electron chi connectivity index (χ3n) is 4.17. The number of carbonyl (C=O) groups is 2. The van der Waals surface area contributed by atoms with Gasteiger partial charge in [0, 0.05) is 41.0 Å². The quantitative estimate of drug-likeness (QED) is 0.720. The maximum atomic E-state index is 11.9. The number of nitrogens with zero attached hydrogens (tertiary/aromatic N) is 2. The van der Waals surface area contributed by atoms with Crippen LogP contribution in [0.5, 0.6) is 0 Å². The van der Waals surface area contributed by atoms with Gasteiger partial charge < -0.3 is 9.88 Å². The third-order valence-corrected chi connectivity index (χ3v) is 4.86. The van der Waals surface area contributed by atoms with Gasteiger partial charge in [-0.15, -0.1) is 0 Å². The number of hydrogen-bond acceptors (Lipinski definition) is 4. The molecular weight excluding hydrogens is 346 g/mol. The number of para-hydroxylation sites is 1. The first-order chi connectivity index (χ1) is 12.6. The van der Waals surface area contributed by atoms with Gasteiger partial charge in [0.2, 0.25) is 5.12 Å². The second-order valence-corrected chi connectivity index (χ2v) is 6.85. The van der Waals surface area contributed by atoms with E-state index in [9.17, 15) is 9.59 Å². The summed E-state index contributed by atoms with van der Waals surface area (Å²) in [7, 11) is 0. The van der Waals surface area contributed by atoms with Crippen LogP contribution in [-0.2, 0) is 11.3 Å². The van der Waals surface area contributed by atoms with Crippen molar-refractivity contribution >= 4 is 39.1 Å². The second kappa shape index (κ2) is 6.54. The molecule has 0 atom stereocenters. The molecule has 2 heterocycles. The molecule has 2 aromatic carbocycles. The fourth-order valence-electron chi connectivity index (χ4n) is 3.03. The largest absolute Gasteiger partial charge is 0.342 e. The highest BCUT2D eigenvalue weighted by Crippen LogP contribution is 2.27. The van der Waals surface area contributed by atoms with Crippen molar-refractivity contribution in [3.8, 4) is 6.07 Å². The van der Waals surface area contributed by atoms with Crippen LogP contribution in [0, 0.1) is 11.3 Å². The number of hydrogen-bond donors (Lipinski definition) is 1. The zero-order valence-electron chi connectivity index (χ0n) is 13.6. The Hall–Kier alpha value is -3.30. The standard InChI is InChI=1S/C20H13N3O2S/c21-10-13-4-3-5-14(8-13)11-23-12-15(16-6-1-2-7-18(16)23)9-17-19(24)26-20(25)22-17/h1-9,12H,11H2,(H,22,25). The summed E-state index contributed by atoms with van der Waals surface area (Å²) < 4.78 is 2.08. The highest BCUT2D eigenvalue weighted by atomic mass is 32.2. The minimum Gasteiger partial charge on any atom is -0.342 e. The monoisotopic (exact) mass is 359 g/mol. The lowest BCUT2D eigenvalue weighted by Gasteiger charge is -2.05. The average Bonchev–Trinajstić information content (AvgIpc) is 3.15. The van der Waals surface area contributed by atoms with Crippen LogP contribution in [0.15, 0.2) is 60.4 Å². The molecule has 1 aliphatic rings. The maximum Gasteiger partial charge on any atom is 0.291 e. The van der Waals surface area contributed by atoms with E-state index in [-0.39, 0.29) is 10.4 Å². The molecule has 0 bridgehead atoms. The fraction of sp³-hybridized carbons (Fsp3) is 0.0500. The number of carbonyl (C=O) groups excluding carboxylic acids is 2. The van der Waals surface area contributed by atoms with Gasteiger partial charge in [0.1, 0.15) is 0 Å². The molecule has 0 saturated carbocycles. The Morgan fingerprint density at radius 3 is 2.77 bits per heavy atom. The summed E-state index contributed by atoms with van der Waals surface area (Å²) >= 11 is 0.672. The molecule has 0 unspecified atom stereocenters. The molecule has 126 valence electrons. The number of thioether (sulfide) groups is 1. The Labute approximate surface area is 153 Å². The smallest absolute Gasteiger partial charge is 0.291 e. The van der Waals surface area contributed by atoms with Crippen LogP contribution < -0.4 is 5.32 Å². The maximum absolute atomic E-state index is 11.9.